The Balaban J connectivity index is 2.98. The number of nitrogens with zero attached hydrogens (tertiary/aromatic N) is 1. The van der Waals surface area contributed by atoms with Crippen molar-refractivity contribution in [2.75, 3.05) is 6.26 Å². The maximum absolute atomic E-state index is 10.2. The number of carbonyl (C=O) groups excluding carboxylic acids is 1. The van der Waals surface area contributed by atoms with Crippen molar-refractivity contribution in [3.8, 4) is 0 Å². The second-order valence-electron chi connectivity index (χ2n) is 1.78. The van der Waals surface area contributed by atoms with Crippen LogP contribution in [0.5, 0.6) is 0 Å². The molecule has 0 radical (unpaired) electrons. The molecule has 0 fully saturated rings. The second-order valence-corrected chi connectivity index (χ2v) is 2.66. The number of pyridine rings is 1. The van der Waals surface area contributed by atoms with Crippen LogP contribution in [0.2, 0.25) is 0 Å². The van der Waals surface area contributed by atoms with E-state index in [0.29, 0.717) is 5.56 Å². The van der Waals surface area contributed by atoms with Crippen LogP contribution in [0, 0.1) is 0 Å². The van der Waals surface area contributed by atoms with Crippen LogP contribution in [0.1, 0.15) is 10.4 Å². The first-order valence-electron chi connectivity index (χ1n) is 2.81. The molecule has 1 aromatic rings. The number of rotatable bonds is 2. The number of hydrogen-bond donors (Lipinski definition) is 0. The Labute approximate surface area is 63.7 Å². The van der Waals surface area contributed by atoms with Gasteiger partial charge in [-0.15, -0.1) is 11.8 Å². The van der Waals surface area contributed by atoms with Crippen molar-refractivity contribution in [1.29, 1.82) is 0 Å². The van der Waals surface area contributed by atoms with Gasteiger partial charge in [0.25, 0.3) is 0 Å². The molecule has 1 rings (SSSR count). The summed E-state index contributed by atoms with van der Waals surface area (Å²) >= 11 is 1.58. The van der Waals surface area contributed by atoms with Crippen LogP contribution >= 0.6 is 11.8 Å². The molecule has 52 valence electrons. The van der Waals surface area contributed by atoms with E-state index in [1.807, 2.05) is 12.3 Å². The van der Waals surface area contributed by atoms with E-state index in [4.69, 9.17) is 0 Å². The van der Waals surface area contributed by atoms with Crippen LogP contribution in [-0.4, -0.2) is 17.5 Å². The van der Waals surface area contributed by atoms with E-state index >= 15 is 0 Å². The summed E-state index contributed by atoms with van der Waals surface area (Å²) in [4.78, 5) is 15.1. The highest BCUT2D eigenvalue weighted by atomic mass is 32.2. The Kier molecular flexibility index (Phi) is 2.45. The zero-order chi connectivity index (χ0) is 7.40. The van der Waals surface area contributed by atoms with E-state index in [9.17, 15) is 4.79 Å². The number of aldehydes is 1. The summed E-state index contributed by atoms with van der Waals surface area (Å²) in [7, 11) is 0. The summed E-state index contributed by atoms with van der Waals surface area (Å²) in [5.74, 6) is 0. The van der Waals surface area contributed by atoms with Gasteiger partial charge in [0.1, 0.15) is 0 Å². The average Bonchev–Trinajstić information content (AvgIpc) is 2.05. The normalized spacial score (nSPS) is 9.30. The van der Waals surface area contributed by atoms with E-state index in [2.05, 4.69) is 4.98 Å². The number of aromatic nitrogens is 1. The maximum Gasteiger partial charge on any atom is 0.151 e. The third kappa shape index (κ3) is 1.57. The van der Waals surface area contributed by atoms with Crippen LogP contribution in [0.15, 0.2) is 23.4 Å². The molecule has 2 nitrogen and oxygen atoms in total. The molecule has 0 spiro atoms. The van der Waals surface area contributed by atoms with E-state index in [-0.39, 0.29) is 0 Å². The van der Waals surface area contributed by atoms with Gasteiger partial charge in [-0.1, -0.05) is 0 Å². The highest BCUT2D eigenvalue weighted by molar-refractivity contribution is 7.98. The first-order valence-corrected chi connectivity index (χ1v) is 4.03. The number of hydrogen-bond acceptors (Lipinski definition) is 3. The van der Waals surface area contributed by atoms with Crippen LogP contribution in [0.3, 0.4) is 0 Å². The molecule has 1 heterocycles. The van der Waals surface area contributed by atoms with Crippen LogP contribution in [-0.2, 0) is 0 Å². The molecule has 0 saturated heterocycles. The third-order valence-electron chi connectivity index (χ3n) is 1.11. The predicted octanol–water partition coefficient (Wildman–Crippen LogP) is 1.62. The molecular formula is C7H7NOS. The fraction of sp³-hybridized carbons (Fsp3) is 0.143. The minimum atomic E-state index is 0.631. The van der Waals surface area contributed by atoms with Crippen molar-refractivity contribution in [1.82, 2.24) is 4.98 Å². The largest absolute Gasteiger partial charge is 0.298 e. The van der Waals surface area contributed by atoms with Gasteiger partial charge in [-0.2, -0.15) is 0 Å². The predicted molar refractivity (Wildman–Crippen MR) is 41.4 cm³/mol. The van der Waals surface area contributed by atoms with Gasteiger partial charge in [0.15, 0.2) is 6.29 Å². The van der Waals surface area contributed by atoms with Gasteiger partial charge in [0, 0.05) is 22.9 Å². The Hall–Kier alpha value is -0.830. The van der Waals surface area contributed by atoms with Crippen LogP contribution in [0.25, 0.3) is 0 Å². The lowest BCUT2D eigenvalue weighted by Gasteiger charge is -1.93. The minimum absolute atomic E-state index is 0.631. The fourth-order valence-corrected chi connectivity index (χ4v) is 1.03. The molecule has 0 amide bonds. The topological polar surface area (TPSA) is 30.0 Å². The van der Waals surface area contributed by atoms with Crippen molar-refractivity contribution in [3.63, 3.8) is 0 Å². The Morgan fingerprint density at radius 1 is 1.60 bits per heavy atom. The van der Waals surface area contributed by atoms with E-state index in [1.54, 1.807) is 24.2 Å². The number of thioether (sulfide) groups is 1. The van der Waals surface area contributed by atoms with Gasteiger partial charge in [0.2, 0.25) is 0 Å². The maximum atomic E-state index is 10.2. The molecule has 3 heteroatoms. The van der Waals surface area contributed by atoms with E-state index < -0.39 is 0 Å². The smallest absolute Gasteiger partial charge is 0.151 e. The second kappa shape index (κ2) is 3.37. The lowest BCUT2D eigenvalue weighted by molar-refractivity contribution is 0.112. The fourth-order valence-electron chi connectivity index (χ4n) is 0.612. The Morgan fingerprint density at radius 2 is 2.40 bits per heavy atom. The van der Waals surface area contributed by atoms with Gasteiger partial charge in [-0.05, 0) is 12.3 Å². The zero-order valence-electron chi connectivity index (χ0n) is 5.57. The summed E-state index contributed by atoms with van der Waals surface area (Å²) in [5.41, 5.74) is 0.631. The average molecular weight is 153 g/mol. The number of carbonyl (C=O) groups is 1. The molecule has 0 aromatic carbocycles. The van der Waals surface area contributed by atoms with Gasteiger partial charge in [-0.25, -0.2) is 0 Å². The van der Waals surface area contributed by atoms with E-state index in [1.165, 1.54) is 0 Å². The monoisotopic (exact) mass is 153 g/mol. The standard InChI is InChI=1S/C7H7NOS/c1-10-7-2-6(5-9)3-8-4-7/h2-5H,1H3. The summed E-state index contributed by atoms with van der Waals surface area (Å²) < 4.78 is 0. The van der Waals surface area contributed by atoms with Gasteiger partial charge in [0.05, 0.1) is 0 Å². The zero-order valence-corrected chi connectivity index (χ0v) is 6.39. The van der Waals surface area contributed by atoms with Gasteiger partial charge in [-0.3, -0.25) is 9.78 Å². The molecule has 0 bridgehead atoms. The van der Waals surface area contributed by atoms with Crippen molar-refractivity contribution in [2.45, 2.75) is 4.90 Å². The van der Waals surface area contributed by atoms with Crippen molar-refractivity contribution >= 4 is 18.0 Å². The molecule has 1 aromatic heterocycles. The molecule has 0 aliphatic rings. The van der Waals surface area contributed by atoms with E-state index in [0.717, 1.165) is 11.2 Å². The molecule has 0 atom stereocenters. The Bertz CT molecular complexity index is 237. The molecule has 0 aliphatic carbocycles. The molecule has 0 N–H and O–H groups in total. The van der Waals surface area contributed by atoms with Crippen LogP contribution in [0.4, 0.5) is 0 Å². The summed E-state index contributed by atoms with van der Waals surface area (Å²) in [5, 5.41) is 0. The molecular weight excluding hydrogens is 146 g/mol. The highest BCUT2D eigenvalue weighted by Crippen LogP contribution is 2.12. The first kappa shape index (κ1) is 7.28. The highest BCUT2D eigenvalue weighted by Gasteiger charge is 1.91. The van der Waals surface area contributed by atoms with Crippen molar-refractivity contribution in [3.05, 3.63) is 24.0 Å². The Morgan fingerprint density at radius 3 is 3.00 bits per heavy atom. The van der Waals surface area contributed by atoms with Crippen molar-refractivity contribution < 1.29 is 4.79 Å². The molecule has 10 heavy (non-hydrogen) atoms. The van der Waals surface area contributed by atoms with Crippen molar-refractivity contribution in [2.24, 2.45) is 0 Å². The summed E-state index contributed by atoms with van der Waals surface area (Å²) in [6, 6.07) is 1.81. The molecule has 0 aliphatic heterocycles. The third-order valence-corrected chi connectivity index (χ3v) is 1.80. The van der Waals surface area contributed by atoms with Gasteiger partial charge >= 0.3 is 0 Å². The first-order chi connectivity index (χ1) is 4.86. The lowest BCUT2D eigenvalue weighted by Crippen LogP contribution is -1.81. The quantitative estimate of drug-likeness (QED) is 0.477. The summed E-state index contributed by atoms with van der Waals surface area (Å²) in [6.45, 7) is 0. The molecule has 0 unspecified atom stereocenters. The minimum Gasteiger partial charge on any atom is -0.298 e. The SMILES string of the molecule is CSc1cncc(C=O)c1. The summed E-state index contributed by atoms with van der Waals surface area (Å²) in [6.07, 6.45) is 6.03. The molecule has 0 saturated carbocycles. The lowest BCUT2D eigenvalue weighted by atomic mass is 10.3. The van der Waals surface area contributed by atoms with Gasteiger partial charge < -0.3 is 0 Å². The van der Waals surface area contributed by atoms with Crippen LogP contribution < -0.4 is 0 Å².